The van der Waals surface area contributed by atoms with Gasteiger partial charge in [-0.25, -0.2) is 9.98 Å². The molecule has 1 aromatic rings. The minimum atomic E-state index is -0.324. The van der Waals surface area contributed by atoms with Gasteiger partial charge < -0.3 is 0 Å². The van der Waals surface area contributed by atoms with Gasteiger partial charge in [0.25, 0.3) is 0 Å². The van der Waals surface area contributed by atoms with E-state index in [9.17, 15) is 9.59 Å². The zero-order valence-electron chi connectivity index (χ0n) is 14.1. The summed E-state index contributed by atoms with van der Waals surface area (Å²) in [4.78, 5) is 35.2. The molecule has 0 aromatic carbocycles. The van der Waals surface area contributed by atoms with Crippen molar-refractivity contribution in [3.63, 3.8) is 0 Å². The molecule has 2 heterocycles. The number of carbonyl (C=O) groups is 2. The number of imidazole rings is 1. The van der Waals surface area contributed by atoms with Gasteiger partial charge in [-0.3, -0.25) is 19.1 Å². The minimum absolute atomic E-state index is 0.119. The number of hydrogen-bond donors (Lipinski definition) is 0. The second-order valence-corrected chi connectivity index (χ2v) is 6.17. The maximum absolute atomic E-state index is 11.8. The van der Waals surface area contributed by atoms with Gasteiger partial charge in [0.15, 0.2) is 5.78 Å². The Morgan fingerprint density at radius 2 is 1.58 bits per heavy atom. The van der Waals surface area contributed by atoms with Crippen molar-refractivity contribution < 1.29 is 9.59 Å². The molecular formula is C18H26N4O2. The zero-order chi connectivity index (χ0) is 17.0. The lowest BCUT2D eigenvalue weighted by Gasteiger charge is -2.04. The number of unbranched alkanes of at least 4 members (excludes halogenated alkanes) is 7. The van der Waals surface area contributed by atoms with E-state index < -0.39 is 0 Å². The van der Waals surface area contributed by atoms with Crippen molar-refractivity contribution in [3.05, 3.63) is 18.7 Å². The number of hydrogen-bond acceptors (Lipinski definition) is 5. The Kier molecular flexibility index (Phi) is 8.07. The van der Waals surface area contributed by atoms with Crippen LogP contribution in [-0.4, -0.2) is 39.8 Å². The van der Waals surface area contributed by atoms with Gasteiger partial charge in [0.2, 0.25) is 5.91 Å². The molecule has 6 nitrogen and oxygen atoms in total. The third kappa shape index (κ3) is 6.56. The summed E-state index contributed by atoms with van der Waals surface area (Å²) < 4.78 is 1.55. The fourth-order valence-electron chi connectivity index (χ4n) is 2.75. The monoisotopic (exact) mass is 330 g/mol. The molecule has 0 saturated heterocycles. The summed E-state index contributed by atoms with van der Waals surface area (Å²) in [5.74, 6) is 0.295. The van der Waals surface area contributed by atoms with Gasteiger partial charge in [-0.05, 0) is 12.8 Å². The highest BCUT2D eigenvalue weighted by molar-refractivity contribution is 6.04. The van der Waals surface area contributed by atoms with Crippen molar-refractivity contribution in [1.82, 2.24) is 9.55 Å². The fraction of sp³-hybridized carbons (Fsp3) is 0.611. The van der Waals surface area contributed by atoms with Crippen molar-refractivity contribution >= 4 is 24.2 Å². The highest BCUT2D eigenvalue weighted by atomic mass is 16.2. The molecule has 0 bridgehead atoms. The number of carbonyl (C=O) groups excluding carboxylic acids is 2. The van der Waals surface area contributed by atoms with Crippen LogP contribution in [0.4, 0.5) is 0 Å². The second-order valence-electron chi connectivity index (χ2n) is 6.17. The Morgan fingerprint density at radius 1 is 0.917 bits per heavy atom. The molecule has 0 radical (unpaired) electrons. The van der Waals surface area contributed by atoms with E-state index in [4.69, 9.17) is 0 Å². The molecule has 1 aliphatic rings. The molecule has 1 aromatic heterocycles. The van der Waals surface area contributed by atoms with Crippen LogP contribution in [0.5, 0.6) is 0 Å². The Labute approximate surface area is 143 Å². The Hall–Kier alpha value is -2.11. The molecule has 0 fully saturated rings. The van der Waals surface area contributed by atoms with E-state index in [1.54, 1.807) is 29.5 Å². The summed E-state index contributed by atoms with van der Waals surface area (Å²) in [6.45, 7) is 0. The molecule has 0 saturated carbocycles. The highest BCUT2D eigenvalue weighted by Crippen LogP contribution is 2.12. The van der Waals surface area contributed by atoms with Crippen molar-refractivity contribution in [3.8, 4) is 0 Å². The number of aromatic nitrogens is 2. The Bertz CT molecular complexity index is 552. The van der Waals surface area contributed by atoms with Crippen LogP contribution in [0, 0.1) is 0 Å². The number of aliphatic imine (C=N–C) groups is 2. The predicted molar refractivity (Wildman–Crippen MR) is 94.8 cm³/mol. The molecule has 0 spiro atoms. The molecule has 130 valence electrons. The van der Waals surface area contributed by atoms with E-state index in [-0.39, 0.29) is 17.7 Å². The van der Waals surface area contributed by atoms with Gasteiger partial charge >= 0.3 is 0 Å². The number of rotatable bonds is 12. The van der Waals surface area contributed by atoms with E-state index in [1.165, 1.54) is 32.0 Å². The summed E-state index contributed by atoms with van der Waals surface area (Å²) >= 11 is 0. The number of ketones is 1. The first-order valence-corrected chi connectivity index (χ1v) is 8.86. The maximum Gasteiger partial charge on any atom is 0.231 e. The molecule has 24 heavy (non-hydrogen) atoms. The lowest BCUT2D eigenvalue weighted by molar-refractivity contribution is -0.118. The molecule has 1 aliphatic heterocycles. The van der Waals surface area contributed by atoms with Crippen LogP contribution in [0.15, 0.2) is 28.7 Å². The van der Waals surface area contributed by atoms with Crippen LogP contribution in [0.3, 0.4) is 0 Å². The van der Waals surface area contributed by atoms with Gasteiger partial charge in [0.1, 0.15) is 18.7 Å². The van der Waals surface area contributed by atoms with E-state index in [0.29, 0.717) is 12.8 Å². The van der Waals surface area contributed by atoms with Crippen molar-refractivity contribution in [2.24, 2.45) is 9.98 Å². The van der Waals surface area contributed by atoms with E-state index in [1.807, 2.05) is 0 Å². The normalized spacial score (nSPS) is 15.9. The SMILES string of the molecule is O=C(CCCCCCCCCCC(=O)n1ccnc1)C1C=NC=N1. The quantitative estimate of drug-likeness (QED) is 0.551. The summed E-state index contributed by atoms with van der Waals surface area (Å²) in [6, 6.07) is -0.324. The van der Waals surface area contributed by atoms with Crippen molar-refractivity contribution in [2.75, 3.05) is 0 Å². The third-order valence-electron chi connectivity index (χ3n) is 4.21. The van der Waals surface area contributed by atoms with Crippen LogP contribution in [0.1, 0.15) is 69.0 Å². The molecule has 0 amide bonds. The average Bonchev–Trinajstić information content (AvgIpc) is 3.29. The average molecular weight is 330 g/mol. The van der Waals surface area contributed by atoms with Crippen molar-refractivity contribution in [1.29, 1.82) is 0 Å². The van der Waals surface area contributed by atoms with Crippen LogP contribution < -0.4 is 0 Å². The number of nitrogens with zero attached hydrogens (tertiary/aromatic N) is 4. The Morgan fingerprint density at radius 3 is 2.17 bits per heavy atom. The van der Waals surface area contributed by atoms with Gasteiger partial charge in [0.05, 0.1) is 0 Å². The minimum Gasteiger partial charge on any atom is -0.297 e. The largest absolute Gasteiger partial charge is 0.297 e. The maximum atomic E-state index is 11.8. The summed E-state index contributed by atoms with van der Waals surface area (Å²) in [7, 11) is 0. The van der Waals surface area contributed by atoms with Gasteiger partial charge in [-0.1, -0.05) is 38.5 Å². The van der Waals surface area contributed by atoms with Crippen LogP contribution in [0.25, 0.3) is 0 Å². The van der Waals surface area contributed by atoms with Gasteiger partial charge in [-0.2, -0.15) is 0 Å². The Balaban J connectivity index is 1.36. The topological polar surface area (TPSA) is 76.7 Å². The third-order valence-corrected chi connectivity index (χ3v) is 4.21. The van der Waals surface area contributed by atoms with Crippen molar-refractivity contribution in [2.45, 2.75) is 70.3 Å². The number of Topliss-reactive ketones (excluding diaryl/α,β-unsaturated/α-hetero) is 1. The zero-order valence-corrected chi connectivity index (χ0v) is 14.1. The first-order chi connectivity index (χ1) is 11.8. The van der Waals surface area contributed by atoms with E-state index in [0.717, 1.165) is 25.7 Å². The lowest BCUT2D eigenvalue weighted by atomic mass is 10.0. The van der Waals surface area contributed by atoms with Gasteiger partial charge in [0, 0.05) is 31.4 Å². The molecule has 6 heteroatoms. The highest BCUT2D eigenvalue weighted by Gasteiger charge is 2.15. The van der Waals surface area contributed by atoms with Crippen LogP contribution >= 0.6 is 0 Å². The predicted octanol–water partition coefficient (Wildman–Crippen LogP) is 3.47. The fourth-order valence-corrected chi connectivity index (χ4v) is 2.75. The summed E-state index contributed by atoms with van der Waals surface area (Å²) in [5.41, 5.74) is 0. The summed E-state index contributed by atoms with van der Waals surface area (Å²) in [5, 5.41) is 0. The van der Waals surface area contributed by atoms with E-state index in [2.05, 4.69) is 15.0 Å². The molecule has 0 aliphatic carbocycles. The molecular weight excluding hydrogens is 304 g/mol. The van der Waals surface area contributed by atoms with Gasteiger partial charge in [-0.15, -0.1) is 0 Å². The smallest absolute Gasteiger partial charge is 0.231 e. The standard InChI is InChI=1S/C18H26N4O2/c23-17(16-13-20-14-21-16)9-7-5-3-1-2-4-6-8-10-18(24)22-12-11-19-15-22/h11-16H,1-10H2. The van der Waals surface area contributed by atoms with E-state index >= 15 is 0 Å². The first kappa shape index (κ1) is 18.2. The molecule has 2 rings (SSSR count). The van der Waals surface area contributed by atoms with Crippen LogP contribution in [0.2, 0.25) is 0 Å². The second kappa shape index (κ2) is 10.6. The lowest BCUT2D eigenvalue weighted by Crippen LogP contribution is -2.17. The van der Waals surface area contributed by atoms with Crippen LogP contribution in [-0.2, 0) is 4.79 Å². The molecule has 1 unspecified atom stereocenters. The first-order valence-electron chi connectivity index (χ1n) is 8.86. The summed E-state index contributed by atoms with van der Waals surface area (Å²) in [6.07, 6.45) is 17.9. The molecule has 1 atom stereocenters. The molecule has 0 N–H and O–H groups in total.